The number of nitrogens with one attached hydrogen (secondary N) is 1. The minimum Gasteiger partial charge on any atom is -0.352 e. The van der Waals surface area contributed by atoms with E-state index in [0.29, 0.717) is 6.07 Å². The van der Waals surface area contributed by atoms with Crippen LogP contribution in [0.5, 0.6) is 0 Å². The summed E-state index contributed by atoms with van der Waals surface area (Å²) >= 11 is 2.88. The van der Waals surface area contributed by atoms with Crippen LogP contribution in [0.4, 0.5) is 26.3 Å². The summed E-state index contributed by atoms with van der Waals surface area (Å²) in [6, 6.07) is 2.35. The first-order chi connectivity index (χ1) is 9.00. The number of benzene rings is 1. The number of hydrogen-bond donors (Lipinski definition) is 1. The van der Waals surface area contributed by atoms with E-state index in [4.69, 9.17) is 0 Å². The van der Waals surface area contributed by atoms with Gasteiger partial charge in [-0.3, -0.25) is 4.79 Å². The smallest absolute Gasteiger partial charge is 0.352 e. The molecule has 0 bridgehead atoms. The summed E-state index contributed by atoms with van der Waals surface area (Å²) in [5, 5.41) is 1.92. The number of hydrogen-bond acceptors (Lipinski definition) is 1. The molecule has 1 aromatic rings. The van der Waals surface area contributed by atoms with Gasteiger partial charge in [0.1, 0.15) is 0 Å². The SMILES string of the molecule is O=C(NCCC(F)(F)F)c1cc(C(F)(F)F)ccc1Br. The van der Waals surface area contributed by atoms with Crippen molar-refractivity contribution in [3.63, 3.8) is 0 Å². The van der Waals surface area contributed by atoms with Crippen molar-refractivity contribution < 1.29 is 31.1 Å². The van der Waals surface area contributed by atoms with Gasteiger partial charge in [0.15, 0.2) is 0 Å². The van der Waals surface area contributed by atoms with Gasteiger partial charge in [-0.2, -0.15) is 26.3 Å². The highest BCUT2D eigenvalue weighted by atomic mass is 79.9. The Morgan fingerprint density at radius 2 is 1.75 bits per heavy atom. The average Bonchev–Trinajstić information content (AvgIpc) is 2.25. The lowest BCUT2D eigenvalue weighted by atomic mass is 10.1. The highest BCUT2D eigenvalue weighted by molar-refractivity contribution is 9.10. The van der Waals surface area contributed by atoms with Crippen molar-refractivity contribution in [3.05, 3.63) is 33.8 Å². The van der Waals surface area contributed by atoms with Crippen molar-refractivity contribution in [2.24, 2.45) is 0 Å². The van der Waals surface area contributed by atoms with E-state index in [-0.39, 0.29) is 10.0 Å². The Kier molecular flexibility index (Phi) is 5.06. The van der Waals surface area contributed by atoms with Crippen molar-refractivity contribution in [3.8, 4) is 0 Å². The van der Waals surface area contributed by atoms with Gasteiger partial charge in [-0.25, -0.2) is 0 Å². The molecule has 0 radical (unpaired) electrons. The zero-order valence-corrected chi connectivity index (χ0v) is 11.3. The van der Waals surface area contributed by atoms with Gasteiger partial charge in [-0.05, 0) is 34.1 Å². The van der Waals surface area contributed by atoms with Gasteiger partial charge in [0, 0.05) is 11.0 Å². The fourth-order valence-electron chi connectivity index (χ4n) is 1.29. The highest BCUT2D eigenvalue weighted by Crippen LogP contribution is 2.31. The molecule has 0 fully saturated rings. The van der Waals surface area contributed by atoms with Gasteiger partial charge in [-0.15, -0.1) is 0 Å². The lowest BCUT2D eigenvalue weighted by Crippen LogP contribution is -2.28. The zero-order valence-electron chi connectivity index (χ0n) is 9.70. The minimum absolute atomic E-state index is 0.0648. The number of carbonyl (C=O) groups is 1. The standard InChI is InChI=1S/C11H8BrF6NO/c12-8-2-1-6(11(16,17)18)5-7(8)9(20)19-4-3-10(13,14)15/h1-2,5H,3-4H2,(H,19,20). The summed E-state index contributed by atoms with van der Waals surface area (Å²) < 4.78 is 73.2. The summed E-state index contributed by atoms with van der Waals surface area (Å²) in [5.41, 5.74) is -1.43. The molecule has 0 aromatic heterocycles. The van der Waals surface area contributed by atoms with Gasteiger partial charge in [0.25, 0.3) is 5.91 Å². The predicted molar refractivity (Wildman–Crippen MR) is 62.1 cm³/mol. The van der Waals surface area contributed by atoms with Crippen LogP contribution < -0.4 is 5.32 Å². The molecule has 1 amide bonds. The molecule has 0 atom stereocenters. The molecule has 20 heavy (non-hydrogen) atoms. The van der Waals surface area contributed by atoms with Crippen molar-refractivity contribution in [1.82, 2.24) is 5.32 Å². The lowest BCUT2D eigenvalue weighted by Gasteiger charge is -2.11. The van der Waals surface area contributed by atoms with Crippen LogP contribution in [-0.2, 0) is 6.18 Å². The van der Waals surface area contributed by atoms with Crippen LogP contribution in [-0.4, -0.2) is 18.6 Å². The number of rotatable bonds is 3. The van der Waals surface area contributed by atoms with E-state index in [0.717, 1.165) is 12.1 Å². The van der Waals surface area contributed by atoms with Crippen LogP contribution in [0, 0.1) is 0 Å². The zero-order chi connectivity index (χ0) is 15.6. The molecule has 1 N–H and O–H groups in total. The first-order valence-electron chi connectivity index (χ1n) is 5.22. The number of alkyl halides is 6. The molecular formula is C11H8BrF6NO. The summed E-state index contributed by atoms with van der Waals surface area (Å²) in [6.07, 6.45) is -10.3. The average molecular weight is 364 g/mol. The van der Waals surface area contributed by atoms with E-state index in [1.54, 1.807) is 0 Å². The Morgan fingerprint density at radius 1 is 1.15 bits per heavy atom. The lowest BCUT2D eigenvalue weighted by molar-refractivity contribution is -0.137. The van der Waals surface area contributed by atoms with Crippen LogP contribution in [0.3, 0.4) is 0 Å². The molecular weight excluding hydrogens is 356 g/mol. The van der Waals surface area contributed by atoms with Crippen LogP contribution in [0.15, 0.2) is 22.7 Å². The maximum Gasteiger partial charge on any atom is 0.416 e. The fraction of sp³-hybridized carbons (Fsp3) is 0.364. The van der Waals surface area contributed by atoms with Gasteiger partial charge in [0.05, 0.1) is 17.5 Å². The predicted octanol–water partition coefficient (Wildman–Crippen LogP) is 4.15. The summed E-state index contributed by atoms with van der Waals surface area (Å²) in [6.45, 7) is -0.703. The van der Waals surface area contributed by atoms with Gasteiger partial charge < -0.3 is 5.32 Å². The van der Waals surface area contributed by atoms with Crippen LogP contribution >= 0.6 is 15.9 Å². The van der Waals surface area contributed by atoms with Gasteiger partial charge >= 0.3 is 12.4 Å². The van der Waals surface area contributed by atoms with Crippen molar-refractivity contribution in [2.75, 3.05) is 6.54 Å². The van der Waals surface area contributed by atoms with Crippen molar-refractivity contribution in [2.45, 2.75) is 18.8 Å². The van der Waals surface area contributed by atoms with Crippen molar-refractivity contribution in [1.29, 1.82) is 0 Å². The molecule has 9 heteroatoms. The third-order valence-electron chi connectivity index (χ3n) is 2.23. The second kappa shape index (κ2) is 6.02. The first-order valence-corrected chi connectivity index (χ1v) is 6.02. The maximum absolute atomic E-state index is 12.5. The number of carbonyl (C=O) groups excluding carboxylic acids is 1. The first kappa shape index (κ1) is 16.8. The Labute approximate surface area is 118 Å². The van der Waals surface area contributed by atoms with E-state index in [9.17, 15) is 31.1 Å². The topological polar surface area (TPSA) is 29.1 Å². The molecule has 0 unspecified atom stereocenters. The van der Waals surface area contributed by atoms with Crippen molar-refractivity contribution >= 4 is 21.8 Å². The molecule has 0 heterocycles. The second-order valence-corrected chi connectivity index (χ2v) is 4.67. The largest absolute Gasteiger partial charge is 0.416 e. The Hall–Kier alpha value is -1.25. The maximum atomic E-state index is 12.5. The van der Waals surface area contributed by atoms with E-state index in [2.05, 4.69) is 15.9 Å². The minimum atomic E-state index is -4.64. The Balaban J connectivity index is 2.82. The quantitative estimate of drug-likeness (QED) is 0.803. The van der Waals surface area contributed by atoms with Gasteiger partial charge in [0.2, 0.25) is 0 Å². The molecule has 2 nitrogen and oxygen atoms in total. The molecule has 112 valence electrons. The fourth-order valence-corrected chi connectivity index (χ4v) is 1.72. The monoisotopic (exact) mass is 363 g/mol. The molecule has 1 rings (SSSR count). The molecule has 1 aromatic carbocycles. The Morgan fingerprint density at radius 3 is 2.25 bits per heavy atom. The molecule has 0 spiro atoms. The van der Waals surface area contributed by atoms with E-state index in [1.807, 2.05) is 5.32 Å². The Bertz CT molecular complexity index is 497. The van der Waals surface area contributed by atoms with E-state index >= 15 is 0 Å². The van der Waals surface area contributed by atoms with Gasteiger partial charge in [-0.1, -0.05) is 0 Å². The molecule has 0 aliphatic carbocycles. The normalized spacial score (nSPS) is 12.3. The number of halogens is 7. The third-order valence-corrected chi connectivity index (χ3v) is 2.92. The van der Waals surface area contributed by atoms with Crippen LogP contribution in [0.1, 0.15) is 22.3 Å². The number of amides is 1. The second-order valence-electron chi connectivity index (χ2n) is 3.81. The highest BCUT2D eigenvalue weighted by Gasteiger charge is 2.32. The van der Waals surface area contributed by atoms with Crippen LogP contribution in [0.25, 0.3) is 0 Å². The summed E-state index contributed by atoms with van der Waals surface area (Å²) in [5.74, 6) is -1.01. The summed E-state index contributed by atoms with van der Waals surface area (Å²) in [7, 11) is 0. The van der Waals surface area contributed by atoms with E-state index < -0.39 is 36.8 Å². The molecule has 0 aliphatic rings. The molecule has 0 saturated heterocycles. The molecule has 0 saturated carbocycles. The molecule has 0 aliphatic heterocycles. The van der Waals surface area contributed by atoms with E-state index in [1.165, 1.54) is 0 Å². The van der Waals surface area contributed by atoms with Crippen LogP contribution in [0.2, 0.25) is 0 Å². The third kappa shape index (κ3) is 5.03. The summed E-state index contributed by atoms with van der Waals surface area (Å²) in [4.78, 5) is 11.6.